The number of aromatic nitrogens is 2. The van der Waals surface area contributed by atoms with E-state index in [1.54, 1.807) is 6.07 Å². The molecule has 2 aromatic rings. The highest BCUT2D eigenvalue weighted by atomic mass is 79.9. The Balaban J connectivity index is 2.57. The lowest BCUT2D eigenvalue weighted by Gasteiger charge is -2.06. The summed E-state index contributed by atoms with van der Waals surface area (Å²) in [4.78, 5) is 4.42. The SMILES string of the molecule is CCCCn1c(CCl)nc2cc(Br)c(F)cc21. The number of imidazole rings is 1. The summed E-state index contributed by atoms with van der Waals surface area (Å²) in [5, 5.41) is 0. The van der Waals surface area contributed by atoms with Crippen LogP contribution in [-0.2, 0) is 12.4 Å². The van der Waals surface area contributed by atoms with Crippen molar-refractivity contribution < 1.29 is 4.39 Å². The van der Waals surface area contributed by atoms with Gasteiger partial charge in [0, 0.05) is 12.6 Å². The molecule has 0 saturated heterocycles. The molecule has 2 nitrogen and oxygen atoms in total. The molecule has 1 aromatic carbocycles. The molecule has 0 aliphatic heterocycles. The first-order chi connectivity index (χ1) is 8.17. The summed E-state index contributed by atoms with van der Waals surface area (Å²) in [5.41, 5.74) is 1.60. The summed E-state index contributed by atoms with van der Waals surface area (Å²) < 4.78 is 16.0. The first kappa shape index (κ1) is 12.8. The molecule has 1 heterocycles. The van der Waals surface area contributed by atoms with Crippen molar-refractivity contribution in [2.75, 3.05) is 0 Å². The van der Waals surface area contributed by atoms with Gasteiger partial charge in [-0.3, -0.25) is 0 Å². The highest BCUT2D eigenvalue weighted by molar-refractivity contribution is 9.10. The lowest BCUT2D eigenvalue weighted by Crippen LogP contribution is -2.02. The van der Waals surface area contributed by atoms with Crippen molar-refractivity contribution in [2.24, 2.45) is 0 Å². The fourth-order valence-corrected chi connectivity index (χ4v) is 2.37. The van der Waals surface area contributed by atoms with Gasteiger partial charge in [-0.05, 0) is 28.4 Å². The molecular weight excluding hydrogens is 307 g/mol. The van der Waals surface area contributed by atoms with E-state index in [2.05, 4.69) is 27.8 Å². The second-order valence-electron chi connectivity index (χ2n) is 3.92. The zero-order valence-electron chi connectivity index (χ0n) is 9.51. The number of rotatable bonds is 4. The van der Waals surface area contributed by atoms with E-state index >= 15 is 0 Å². The van der Waals surface area contributed by atoms with Crippen LogP contribution < -0.4 is 0 Å². The van der Waals surface area contributed by atoms with Crippen LogP contribution in [0, 0.1) is 5.82 Å². The number of aryl methyl sites for hydroxylation is 1. The Morgan fingerprint density at radius 2 is 2.24 bits per heavy atom. The van der Waals surface area contributed by atoms with Crippen LogP contribution in [-0.4, -0.2) is 9.55 Å². The van der Waals surface area contributed by atoms with E-state index in [-0.39, 0.29) is 5.82 Å². The van der Waals surface area contributed by atoms with Gasteiger partial charge in [0.1, 0.15) is 11.6 Å². The topological polar surface area (TPSA) is 17.8 Å². The largest absolute Gasteiger partial charge is 0.327 e. The summed E-state index contributed by atoms with van der Waals surface area (Å²) >= 11 is 9.04. The Morgan fingerprint density at radius 3 is 2.88 bits per heavy atom. The van der Waals surface area contributed by atoms with Gasteiger partial charge in [-0.25, -0.2) is 9.37 Å². The maximum atomic E-state index is 13.5. The summed E-state index contributed by atoms with van der Waals surface area (Å²) in [7, 11) is 0. The van der Waals surface area contributed by atoms with Crippen LogP contribution in [0.3, 0.4) is 0 Å². The number of alkyl halides is 1. The monoisotopic (exact) mass is 318 g/mol. The van der Waals surface area contributed by atoms with Gasteiger partial charge in [0.05, 0.1) is 21.4 Å². The van der Waals surface area contributed by atoms with Gasteiger partial charge >= 0.3 is 0 Å². The third-order valence-corrected chi connectivity index (χ3v) is 3.57. The van der Waals surface area contributed by atoms with Crippen LogP contribution >= 0.6 is 27.5 Å². The molecular formula is C12H13BrClFN2. The maximum absolute atomic E-state index is 13.5. The van der Waals surface area contributed by atoms with E-state index in [0.717, 1.165) is 36.2 Å². The Bertz CT molecular complexity index is 539. The minimum atomic E-state index is -0.267. The molecule has 0 amide bonds. The van der Waals surface area contributed by atoms with E-state index in [4.69, 9.17) is 11.6 Å². The quantitative estimate of drug-likeness (QED) is 0.760. The number of halogens is 3. The van der Waals surface area contributed by atoms with Crippen molar-refractivity contribution >= 4 is 38.6 Å². The highest BCUT2D eigenvalue weighted by Crippen LogP contribution is 2.25. The summed E-state index contributed by atoms with van der Waals surface area (Å²) in [6.07, 6.45) is 2.12. The molecule has 1 aromatic heterocycles. The Hall–Kier alpha value is -0.610. The molecule has 92 valence electrons. The second-order valence-corrected chi connectivity index (χ2v) is 5.04. The second kappa shape index (κ2) is 5.36. The standard InChI is InChI=1S/C12H13BrClFN2/c1-2-3-4-17-11-6-9(15)8(13)5-10(11)16-12(17)7-14/h5-6H,2-4,7H2,1H3. The van der Waals surface area contributed by atoms with Gasteiger partial charge in [0.25, 0.3) is 0 Å². The molecule has 17 heavy (non-hydrogen) atoms. The average Bonchev–Trinajstić information content (AvgIpc) is 2.64. The van der Waals surface area contributed by atoms with E-state index in [0.29, 0.717) is 10.4 Å². The minimum Gasteiger partial charge on any atom is -0.327 e. The summed E-state index contributed by atoms with van der Waals surface area (Å²) in [6.45, 7) is 2.95. The van der Waals surface area contributed by atoms with Crippen molar-refractivity contribution in [1.82, 2.24) is 9.55 Å². The average molecular weight is 320 g/mol. The smallest absolute Gasteiger partial charge is 0.139 e. The number of hydrogen-bond donors (Lipinski definition) is 0. The molecule has 0 saturated carbocycles. The van der Waals surface area contributed by atoms with Crippen LogP contribution in [0.2, 0.25) is 0 Å². The fraction of sp³-hybridized carbons (Fsp3) is 0.417. The third kappa shape index (κ3) is 2.47. The van der Waals surface area contributed by atoms with Gasteiger partial charge < -0.3 is 4.57 Å². The zero-order chi connectivity index (χ0) is 12.4. The molecule has 0 unspecified atom stereocenters. The molecule has 0 N–H and O–H groups in total. The van der Waals surface area contributed by atoms with E-state index < -0.39 is 0 Å². The third-order valence-electron chi connectivity index (χ3n) is 2.72. The van der Waals surface area contributed by atoms with E-state index in [1.807, 2.05) is 4.57 Å². The van der Waals surface area contributed by atoms with E-state index in [9.17, 15) is 4.39 Å². The molecule has 0 fully saturated rings. The van der Waals surface area contributed by atoms with Gasteiger partial charge in [-0.15, -0.1) is 11.6 Å². The molecule has 2 rings (SSSR count). The van der Waals surface area contributed by atoms with Crippen molar-refractivity contribution in [3.05, 3.63) is 28.2 Å². The van der Waals surface area contributed by atoms with Gasteiger partial charge in [0.2, 0.25) is 0 Å². The minimum absolute atomic E-state index is 0.267. The molecule has 0 bridgehead atoms. The van der Waals surface area contributed by atoms with Crippen molar-refractivity contribution in [3.63, 3.8) is 0 Å². The first-order valence-corrected chi connectivity index (χ1v) is 6.90. The van der Waals surface area contributed by atoms with Crippen LogP contribution in [0.25, 0.3) is 11.0 Å². The van der Waals surface area contributed by atoms with E-state index in [1.165, 1.54) is 6.07 Å². The zero-order valence-corrected chi connectivity index (χ0v) is 11.9. The van der Waals surface area contributed by atoms with Crippen LogP contribution in [0.1, 0.15) is 25.6 Å². The predicted molar refractivity (Wildman–Crippen MR) is 71.9 cm³/mol. The van der Waals surface area contributed by atoms with Crippen molar-refractivity contribution in [3.8, 4) is 0 Å². The summed E-state index contributed by atoms with van der Waals surface area (Å²) in [5.74, 6) is 0.876. The Labute approximate surface area is 113 Å². The van der Waals surface area contributed by atoms with Crippen LogP contribution in [0.4, 0.5) is 4.39 Å². The van der Waals surface area contributed by atoms with Crippen molar-refractivity contribution in [2.45, 2.75) is 32.2 Å². The number of unbranched alkanes of at least 4 members (excludes halogenated alkanes) is 1. The van der Waals surface area contributed by atoms with Crippen molar-refractivity contribution in [1.29, 1.82) is 0 Å². The maximum Gasteiger partial charge on any atom is 0.139 e. The highest BCUT2D eigenvalue weighted by Gasteiger charge is 2.12. The normalized spacial score (nSPS) is 11.3. The Morgan fingerprint density at radius 1 is 1.47 bits per heavy atom. The number of fused-ring (bicyclic) bond motifs is 1. The van der Waals surface area contributed by atoms with Gasteiger partial charge in [0.15, 0.2) is 0 Å². The van der Waals surface area contributed by atoms with Gasteiger partial charge in [-0.2, -0.15) is 0 Å². The molecule has 0 atom stereocenters. The first-order valence-electron chi connectivity index (χ1n) is 5.57. The number of hydrogen-bond acceptors (Lipinski definition) is 1. The number of benzene rings is 1. The molecule has 5 heteroatoms. The fourth-order valence-electron chi connectivity index (χ4n) is 1.84. The lowest BCUT2D eigenvalue weighted by atomic mass is 10.3. The molecule has 0 spiro atoms. The summed E-state index contributed by atoms with van der Waals surface area (Å²) in [6, 6.07) is 3.21. The van der Waals surface area contributed by atoms with Gasteiger partial charge in [-0.1, -0.05) is 13.3 Å². The molecule has 0 aliphatic rings. The predicted octanol–water partition coefficient (Wildman–Crippen LogP) is 4.48. The Kier molecular flexibility index (Phi) is 4.05. The lowest BCUT2D eigenvalue weighted by molar-refractivity contribution is 0.613. The molecule has 0 radical (unpaired) electrons. The van der Waals surface area contributed by atoms with Crippen LogP contribution in [0.15, 0.2) is 16.6 Å². The van der Waals surface area contributed by atoms with Crippen LogP contribution in [0.5, 0.6) is 0 Å². The number of nitrogens with zero attached hydrogens (tertiary/aromatic N) is 2. The molecule has 0 aliphatic carbocycles.